The highest BCUT2D eigenvalue weighted by atomic mass is 16.1. The van der Waals surface area contributed by atoms with Crippen molar-refractivity contribution in [2.75, 3.05) is 0 Å². The van der Waals surface area contributed by atoms with E-state index in [1.807, 2.05) is 30.6 Å². The second-order valence-corrected chi connectivity index (χ2v) is 14.1. The number of terminal acetylenes is 1. The molecule has 4 aromatic rings. The average Bonchev–Trinajstić information content (AvgIpc) is 3.73. The Kier molecular flexibility index (Phi) is 9.66. The van der Waals surface area contributed by atoms with Crippen LogP contribution < -0.4 is 5.32 Å². The van der Waals surface area contributed by atoms with Crippen molar-refractivity contribution in [1.29, 1.82) is 0 Å². The van der Waals surface area contributed by atoms with Gasteiger partial charge in [-0.05, 0) is 96.2 Å². The predicted molar refractivity (Wildman–Crippen MR) is 198 cm³/mol. The third kappa shape index (κ3) is 7.65. The fourth-order valence-electron chi connectivity index (χ4n) is 7.85. The Hall–Kier alpha value is -5.08. The predicted octanol–water partition coefficient (Wildman–Crippen LogP) is 8.01. The van der Waals surface area contributed by atoms with Crippen LogP contribution in [0.15, 0.2) is 102 Å². The van der Waals surface area contributed by atoms with Crippen molar-refractivity contribution >= 4 is 17.7 Å². The number of nitrogens with zero attached hydrogens (tertiary/aromatic N) is 3. The first-order valence-electron chi connectivity index (χ1n) is 17.7. The van der Waals surface area contributed by atoms with Gasteiger partial charge >= 0.3 is 0 Å². The molecule has 0 saturated heterocycles. The van der Waals surface area contributed by atoms with Crippen LogP contribution in [0.4, 0.5) is 0 Å². The first kappa shape index (κ1) is 32.5. The standard InChI is InChI=1S/C44H44N4O/c1-4-34-27-46-42(48-41(34)24-33-12-15-38-20-29(2)21-39(38)23-33)25-31-10-13-36(14-11-31)43(44(49)47-26-32-8-6-5-7-9-32)37-18-16-35(17-19-37)40-22-30(3)45-28-40/h1,5-9,12,15-19,22-23,27-28,30-31,36,43H,2,10-11,13-14,20-21,24-26H2,3H3,(H,47,49)/t30?,31-,36-,43?. The van der Waals surface area contributed by atoms with Crippen LogP contribution in [0.5, 0.6) is 0 Å². The molecule has 3 aromatic carbocycles. The number of carbonyl (C=O) groups excluding carboxylic acids is 1. The summed E-state index contributed by atoms with van der Waals surface area (Å²) in [5.41, 5.74) is 11.4. The first-order chi connectivity index (χ1) is 23.9. The largest absolute Gasteiger partial charge is 0.351 e. The highest BCUT2D eigenvalue weighted by Crippen LogP contribution is 2.40. The molecule has 5 heteroatoms. The van der Waals surface area contributed by atoms with E-state index in [-0.39, 0.29) is 23.8 Å². The van der Waals surface area contributed by atoms with E-state index in [0.717, 1.165) is 84.3 Å². The normalized spacial score (nSPS) is 20.4. The summed E-state index contributed by atoms with van der Waals surface area (Å²) in [4.78, 5) is 28.1. The zero-order valence-electron chi connectivity index (χ0n) is 28.4. The Balaban J connectivity index is 1.03. The molecular formula is C44H44N4O. The fourth-order valence-corrected chi connectivity index (χ4v) is 7.85. The van der Waals surface area contributed by atoms with Gasteiger partial charge in [-0.3, -0.25) is 9.79 Å². The lowest BCUT2D eigenvalue weighted by molar-refractivity contribution is -0.124. The monoisotopic (exact) mass is 644 g/mol. The molecule has 1 N–H and O–H groups in total. The molecule has 2 aliphatic carbocycles. The Bertz CT molecular complexity index is 1940. The number of carbonyl (C=O) groups is 1. The summed E-state index contributed by atoms with van der Waals surface area (Å²) in [6.45, 7) is 6.80. The first-order valence-corrected chi connectivity index (χ1v) is 17.7. The maximum atomic E-state index is 13.9. The summed E-state index contributed by atoms with van der Waals surface area (Å²) in [5, 5.41) is 3.26. The van der Waals surface area contributed by atoms with E-state index in [4.69, 9.17) is 16.4 Å². The number of aliphatic imine (C=N–C) groups is 1. The number of hydrogen-bond donors (Lipinski definition) is 1. The molecule has 2 unspecified atom stereocenters. The third-order valence-corrected chi connectivity index (χ3v) is 10.5. The zero-order chi connectivity index (χ0) is 33.7. The van der Waals surface area contributed by atoms with E-state index < -0.39 is 0 Å². The lowest BCUT2D eigenvalue weighted by Gasteiger charge is -2.33. The summed E-state index contributed by atoms with van der Waals surface area (Å²) >= 11 is 0. The number of nitrogens with one attached hydrogen (secondary N) is 1. The van der Waals surface area contributed by atoms with Gasteiger partial charge in [0.2, 0.25) is 5.91 Å². The van der Waals surface area contributed by atoms with Crippen LogP contribution >= 0.6 is 0 Å². The van der Waals surface area contributed by atoms with Crippen molar-refractivity contribution in [2.24, 2.45) is 16.8 Å². The molecule has 0 radical (unpaired) electrons. The fraction of sp³-hybridized carbons (Fsp3) is 0.318. The molecule has 2 heterocycles. The lowest BCUT2D eigenvalue weighted by Crippen LogP contribution is -2.35. The molecule has 7 rings (SSSR count). The average molecular weight is 645 g/mol. The molecule has 246 valence electrons. The van der Waals surface area contributed by atoms with Gasteiger partial charge in [0.15, 0.2) is 0 Å². The summed E-state index contributed by atoms with van der Waals surface area (Å²) in [6.07, 6.45) is 19.3. The minimum absolute atomic E-state index is 0.101. The van der Waals surface area contributed by atoms with Crippen LogP contribution in [-0.4, -0.2) is 28.1 Å². The highest BCUT2D eigenvalue weighted by molar-refractivity contribution is 6.11. The van der Waals surface area contributed by atoms with Gasteiger partial charge in [0.1, 0.15) is 5.82 Å². The van der Waals surface area contributed by atoms with Gasteiger partial charge in [-0.2, -0.15) is 0 Å². The minimum atomic E-state index is -0.203. The van der Waals surface area contributed by atoms with Crippen molar-refractivity contribution in [3.8, 4) is 12.3 Å². The van der Waals surface area contributed by atoms with E-state index in [1.54, 1.807) is 0 Å². The summed E-state index contributed by atoms with van der Waals surface area (Å²) in [7, 11) is 0. The van der Waals surface area contributed by atoms with E-state index in [1.165, 1.54) is 22.3 Å². The summed E-state index contributed by atoms with van der Waals surface area (Å²) < 4.78 is 0. The topological polar surface area (TPSA) is 67.2 Å². The maximum absolute atomic E-state index is 13.9. The lowest BCUT2D eigenvalue weighted by atomic mass is 9.72. The molecular weight excluding hydrogens is 601 g/mol. The Labute approximate surface area is 290 Å². The number of benzene rings is 3. The Morgan fingerprint density at radius 3 is 2.49 bits per heavy atom. The van der Waals surface area contributed by atoms with E-state index >= 15 is 0 Å². The van der Waals surface area contributed by atoms with Crippen LogP contribution in [0.3, 0.4) is 0 Å². The van der Waals surface area contributed by atoms with Crippen molar-refractivity contribution in [3.63, 3.8) is 0 Å². The van der Waals surface area contributed by atoms with E-state index in [0.29, 0.717) is 18.9 Å². The molecule has 49 heavy (non-hydrogen) atoms. The number of allylic oxidation sites excluding steroid dienone is 2. The zero-order valence-corrected chi connectivity index (χ0v) is 28.4. The van der Waals surface area contributed by atoms with Gasteiger partial charge in [0.05, 0.1) is 23.2 Å². The molecule has 3 aliphatic rings. The van der Waals surface area contributed by atoms with Gasteiger partial charge in [-0.1, -0.05) is 96.9 Å². The molecule has 1 saturated carbocycles. The minimum Gasteiger partial charge on any atom is -0.351 e. The van der Waals surface area contributed by atoms with Gasteiger partial charge < -0.3 is 5.32 Å². The smallest absolute Gasteiger partial charge is 0.228 e. The highest BCUT2D eigenvalue weighted by Gasteiger charge is 2.34. The number of fused-ring (bicyclic) bond motifs is 1. The van der Waals surface area contributed by atoms with Crippen LogP contribution in [0.2, 0.25) is 0 Å². The van der Waals surface area contributed by atoms with Gasteiger partial charge in [-0.25, -0.2) is 9.97 Å². The summed E-state index contributed by atoms with van der Waals surface area (Å²) in [5.74, 6) is 4.30. The molecule has 0 bridgehead atoms. The molecule has 5 nitrogen and oxygen atoms in total. The number of amides is 1. The number of rotatable bonds is 10. The van der Waals surface area contributed by atoms with Crippen LogP contribution in [0, 0.1) is 24.2 Å². The van der Waals surface area contributed by atoms with Crippen molar-refractivity contribution in [1.82, 2.24) is 15.3 Å². The molecule has 1 fully saturated rings. The SMILES string of the molecule is C#Cc1cnc(C[C@H]2CC[C@H](C(C(=O)NCc3ccccc3)c3ccc(C4=CC(C)N=C4)cc3)CC2)nc1Cc1ccc2c(c1)CC(=C)C2. The molecule has 2 atom stereocenters. The Morgan fingerprint density at radius 2 is 1.76 bits per heavy atom. The number of hydrogen-bond acceptors (Lipinski definition) is 4. The molecule has 1 amide bonds. The Morgan fingerprint density at radius 1 is 0.980 bits per heavy atom. The maximum Gasteiger partial charge on any atom is 0.228 e. The molecule has 1 aromatic heterocycles. The molecule has 1 aliphatic heterocycles. The quantitative estimate of drug-likeness (QED) is 0.141. The summed E-state index contributed by atoms with van der Waals surface area (Å²) in [6, 6.07) is 25.6. The van der Waals surface area contributed by atoms with Crippen molar-refractivity contribution in [3.05, 3.63) is 148 Å². The second kappa shape index (κ2) is 14.6. The van der Waals surface area contributed by atoms with E-state index in [2.05, 4.69) is 90.4 Å². The number of aromatic nitrogens is 2. The second-order valence-electron chi connectivity index (χ2n) is 14.1. The van der Waals surface area contributed by atoms with Gasteiger partial charge in [0.25, 0.3) is 0 Å². The van der Waals surface area contributed by atoms with Crippen molar-refractivity contribution < 1.29 is 4.79 Å². The van der Waals surface area contributed by atoms with Crippen LogP contribution in [0.25, 0.3) is 5.57 Å². The van der Waals surface area contributed by atoms with Crippen molar-refractivity contribution in [2.45, 2.75) is 76.8 Å². The van der Waals surface area contributed by atoms with Gasteiger partial charge in [-0.15, -0.1) is 6.42 Å². The van der Waals surface area contributed by atoms with Gasteiger partial charge in [0, 0.05) is 31.8 Å². The molecule has 0 spiro atoms. The third-order valence-electron chi connectivity index (χ3n) is 10.5. The van der Waals surface area contributed by atoms with Crippen LogP contribution in [0.1, 0.15) is 89.0 Å². The van der Waals surface area contributed by atoms with E-state index in [9.17, 15) is 4.79 Å². The van der Waals surface area contributed by atoms with Crippen LogP contribution in [-0.2, 0) is 37.0 Å².